The summed E-state index contributed by atoms with van der Waals surface area (Å²) in [5.74, 6) is 0. The van der Waals surface area contributed by atoms with Crippen molar-refractivity contribution in [3.63, 3.8) is 0 Å². The zero-order valence-electron chi connectivity index (χ0n) is 6.68. The Bertz CT molecular complexity index is 277. The van der Waals surface area contributed by atoms with Crippen LogP contribution in [0.25, 0.3) is 0 Å². The molecule has 2 heteroatoms. The molecule has 1 aromatic rings. The number of anilines is 1. The maximum Gasteiger partial charge on any atom is 0.181 e. The minimum atomic E-state index is 0.866. The van der Waals surface area contributed by atoms with Crippen LogP contribution in [0.5, 0.6) is 0 Å². The summed E-state index contributed by atoms with van der Waals surface area (Å²) in [6.45, 7) is 4.02. The second-order valence-corrected chi connectivity index (χ2v) is 2.61. The predicted molar refractivity (Wildman–Crippen MR) is 45.2 cm³/mol. The van der Waals surface area contributed by atoms with Crippen molar-refractivity contribution < 1.29 is 0 Å². The number of nitrogens with one attached hydrogen (secondary N) is 1. The highest BCUT2D eigenvalue weighted by molar-refractivity contribution is 5.50. The summed E-state index contributed by atoms with van der Waals surface area (Å²) < 4.78 is 0. The van der Waals surface area contributed by atoms with Crippen molar-refractivity contribution in [3.05, 3.63) is 29.3 Å². The van der Waals surface area contributed by atoms with E-state index in [2.05, 4.69) is 11.4 Å². The van der Waals surface area contributed by atoms with Gasteiger partial charge in [0.1, 0.15) is 0 Å². The first-order chi connectivity index (χ1) is 5.22. The van der Waals surface area contributed by atoms with E-state index in [1.165, 1.54) is 11.1 Å². The minimum Gasteiger partial charge on any atom is -0.293 e. The van der Waals surface area contributed by atoms with E-state index in [-0.39, 0.29) is 0 Å². The molecule has 11 heavy (non-hydrogen) atoms. The molecule has 0 aliphatic rings. The van der Waals surface area contributed by atoms with E-state index < -0.39 is 0 Å². The van der Waals surface area contributed by atoms with E-state index >= 15 is 0 Å². The number of hydrogen-bond donors (Lipinski definition) is 1. The summed E-state index contributed by atoms with van der Waals surface area (Å²) in [6.07, 6.45) is 1.89. The molecule has 0 atom stereocenters. The van der Waals surface area contributed by atoms with E-state index in [1.54, 1.807) is 0 Å². The maximum atomic E-state index is 8.34. The Morgan fingerprint density at radius 3 is 2.18 bits per heavy atom. The Hall–Kier alpha value is -1.49. The minimum absolute atomic E-state index is 0.866. The molecule has 0 amide bonds. The number of rotatable bonds is 1. The lowest BCUT2D eigenvalue weighted by Crippen LogP contribution is -1.88. The summed E-state index contributed by atoms with van der Waals surface area (Å²) in [6, 6.07) is 5.95. The first-order valence-corrected chi connectivity index (χ1v) is 3.46. The van der Waals surface area contributed by atoms with Gasteiger partial charge in [-0.1, -0.05) is 6.07 Å². The summed E-state index contributed by atoms with van der Waals surface area (Å²) in [4.78, 5) is 0. The van der Waals surface area contributed by atoms with Crippen molar-refractivity contribution in [3.8, 4) is 6.19 Å². The van der Waals surface area contributed by atoms with Gasteiger partial charge < -0.3 is 0 Å². The molecular formula is C9H10N2. The fourth-order valence-corrected chi connectivity index (χ4v) is 1.11. The van der Waals surface area contributed by atoms with Gasteiger partial charge in [0.15, 0.2) is 6.19 Å². The number of aryl methyl sites for hydroxylation is 2. The predicted octanol–water partition coefficient (Wildman–Crippen LogP) is 2.20. The fourth-order valence-electron chi connectivity index (χ4n) is 1.11. The Kier molecular flexibility index (Phi) is 2.12. The Balaban J connectivity index is 3.01. The standard InChI is InChI=1S/C9H10N2/c1-7-3-8(2)5-9(4-7)11-6-10/h3-5,11H,1-2H3. The zero-order chi connectivity index (χ0) is 8.27. The van der Waals surface area contributed by atoms with Gasteiger partial charge in [-0.05, 0) is 37.1 Å². The third kappa shape index (κ3) is 1.98. The van der Waals surface area contributed by atoms with Gasteiger partial charge >= 0.3 is 0 Å². The first-order valence-electron chi connectivity index (χ1n) is 3.46. The molecule has 1 aromatic carbocycles. The molecule has 0 radical (unpaired) electrons. The topological polar surface area (TPSA) is 35.8 Å². The van der Waals surface area contributed by atoms with E-state index in [1.807, 2.05) is 32.2 Å². The lowest BCUT2D eigenvalue weighted by atomic mass is 10.1. The van der Waals surface area contributed by atoms with Crippen LogP contribution in [0.15, 0.2) is 18.2 Å². The molecule has 1 rings (SSSR count). The SMILES string of the molecule is Cc1cc(C)cc(NC#N)c1. The highest BCUT2D eigenvalue weighted by Crippen LogP contribution is 2.12. The molecule has 0 spiro atoms. The van der Waals surface area contributed by atoms with Crippen LogP contribution in [0.3, 0.4) is 0 Å². The van der Waals surface area contributed by atoms with Crippen LogP contribution in [0.2, 0.25) is 0 Å². The van der Waals surface area contributed by atoms with Crippen molar-refractivity contribution in [1.82, 2.24) is 0 Å². The van der Waals surface area contributed by atoms with Gasteiger partial charge in [0.25, 0.3) is 0 Å². The highest BCUT2D eigenvalue weighted by atomic mass is 14.9. The Morgan fingerprint density at radius 1 is 1.18 bits per heavy atom. The third-order valence-corrected chi connectivity index (χ3v) is 1.42. The summed E-state index contributed by atoms with van der Waals surface area (Å²) in [7, 11) is 0. The third-order valence-electron chi connectivity index (χ3n) is 1.42. The molecule has 0 aliphatic heterocycles. The monoisotopic (exact) mass is 146 g/mol. The molecule has 0 aliphatic carbocycles. The second-order valence-electron chi connectivity index (χ2n) is 2.61. The van der Waals surface area contributed by atoms with Crippen molar-refractivity contribution in [2.45, 2.75) is 13.8 Å². The molecule has 0 unspecified atom stereocenters. The van der Waals surface area contributed by atoms with Gasteiger partial charge in [0.05, 0.1) is 0 Å². The van der Waals surface area contributed by atoms with Gasteiger partial charge in [0.2, 0.25) is 0 Å². The van der Waals surface area contributed by atoms with Gasteiger partial charge in [0, 0.05) is 5.69 Å². The average molecular weight is 146 g/mol. The van der Waals surface area contributed by atoms with Crippen LogP contribution in [0.1, 0.15) is 11.1 Å². The number of hydrogen-bond acceptors (Lipinski definition) is 2. The van der Waals surface area contributed by atoms with Crippen LogP contribution in [-0.2, 0) is 0 Å². The van der Waals surface area contributed by atoms with Gasteiger partial charge in [-0.15, -0.1) is 0 Å². The normalized spacial score (nSPS) is 8.82. The second kappa shape index (κ2) is 3.07. The van der Waals surface area contributed by atoms with Crippen LogP contribution in [0, 0.1) is 25.3 Å². The maximum absolute atomic E-state index is 8.34. The Morgan fingerprint density at radius 2 is 1.73 bits per heavy atom. The fraction of sp³-hybridized carbons (Fsp3) is 0.222. The van der Waals surface area contributed by atoms with E-state index in [4.69, 9.17) is 5.26 Å². The molecular weight excluding hydrogens is 136 g/mol. The molecule has 0 bridgehead atoms. The average Bonchev–Trinajstić information content (AvgIpc) is 1.85. The van der Waals surface area contributed by atoms with Crippen molar-refractivity contribution in [2.24, 2.45) is 0 Å². The van der Waals surface area contributed by atoms with Crippen LogP contribution < -0.4 is 5.32 Å². The molecule has 0 aromatic heterocycles. The van der Waals surface area contributed by atoms with E-state index in [0.29, 0.717) is 0 Å². The number of nitrogens with zero attached hydrogens (tertiary/aromatic N) is 1. The smallest absolute Gasteiger partial charge is 0.181 e. The number of nitriles is 1. The molecule has 0 fully saturated rings. The van der Waals surface area contributed by atoms with Crippen LogP contribution in [-0.4, -0.2) is 0 Å². The molecule has 2 nitrogen and oxygen atoms in total. The quantitative estimate of drug-likeness (QED) is 0.487. The molecule has 56 valence electrons. The van der Waals surface area contributed by atoms with Crippen molar-refractivity contribution in [2.75, 3.05) is 5.32 Å². The summed E-state index contributed by atoms with van der Waals surface area (Å²) >= 11 is 0. The molecule has 1 N–H and O–H groups in total. The van der Waals surface area contributed by atoms with E-state index in [0.717, 1.165) is 5.69 Å². The molecule has 0 saturated heterocycles. The van der Waals surface area contributed by atoms with Crippen LogP contribution in [0.4, 0.5) is 5.69 Å². The van der Waals surface area contributed by atoms with Gasteiger partial charge in [-0.3, -0.25) is 5.32 Å². The lowest BCUT2D eigenvalue weighted by molar-refractivity contribution is 1.37. The van der Waals surface area contributed by atoms with Gasteiger partial charge in [-0.2, -0.15) is 5.26 Å². The number of benzene rings is 1. The van der Waals surface area contributed by atoms with Gasteiger partial charge in [-0.25, -0.2) is 0 Å². The van der Waals surface area contributed by atoms with E-state index in [9.17, 15) is 0 Å². The molecule has 0 heterocycles. The highest BCUT2D eigenvalue weighted by Gasteiger charge is 1.92. The first kappa shape index (κ1) is 7.62. The van der Waals surface area contributed by atoms with Crippen molar-refractivity contribution >= 4 is 5.69 Å². The summed E-state index contributed by atoms with van der Waals surface area (Å²) in [5, 5.41) is 10.9. The van der Waals surface area contributed by atoms with Crippen molar-refractivity contribution in [1.29, 1.82) is 5.26 Å². The largest absolute Gasteiger partial charge is 0.293 e. The summed E-state index contributed by atoms with van der Waals surface area (Å²) in [5.41, 5.74) is 3.20. The zero-order valence-corrected chi connectivity index (χ0v) is 6.68. The lowest BCUT2D eigenvalue weighted by Gasteiger charge is -2.00. The molecule has 0 saturated carbocycles. The Labute approximate surface area is 66.5 Å². The van der Waals surface area contributed by atoms with Crippen LogP contribution >= 0.6 is 0 Å².